The molecule has 1 N–H and O–H groups in total. The maximum absolute atomic E-state index is 11.4. The van der Waals surface area contributed by atoms with Crippen LogP contribution in [0.4, 0.5) is 0 Å². The highest BCUT2D eigenvalue weighted by molar-refractivity contribution is 9.10. The standard InChI is InChI=1S/C24H33BrO2/c1-2-23(24(26)27)21-13-11-20(12-14-21)19-9-5-17(6-10-19)3-4-18-7-15-22(25)16-8-18/h2,7-8,15-17,19-21H,3-6,9-14H2,1H3,(H,26,27)/t17-,19-,20-,21-. The van der Waals surface area contributed by atoms with Crippen molar-refractivity contribution in [3.05, 3.63) is 46.0 Å². The summed E-state index contributed by atoms with van der Waals surface area (Å²) in [5.41, 5.74) is 2.10. The molecule has 0 amide bonds. The monoisotopic (exact) mass is 432 g/mol. The van der Waals surface area contributed by atoms with E-state index in [4.69, 9.17) is 0 Å². The predicted molar refractivity (Wildman–Crippen MR) is 115 cm³/mol. The number of halogens is 1. The summed E-state index contributed by atoms with van der Waals surface area (Å²) in [5.74, 6) is 2.18. The van der Waals surface area contributed by atoms with Crippen molar-refractivity contribution in [1.29, 1.82) is 0 Å². The van der Waals surface area contributed by atoms with E-state index in [0.717, 1.165) is 35.1 Å². The largest absolute Gasteiger partial charge is 0.478 e. The van der Waals surface area contributed by atoms with Crippen molar-refractivity contribution >= 4 is 21.9 Å². The first kappa shape index (κ1) is 20.6. The van der Waals surface area contributed by atoms with Gasteiger partial charge in [-0.1, -0.05) is 47.0 Å². The third kappa shape index (κ3) is 5.70. The van der Waals surface area contributed by atoms with Gasteiger partial charge >= 0.3 is 5.97 Å². The van der Waals surface area contributed by atoms with Crippen LogP contribution in [0.2, 0.25) is 0 Å². The molecule has 0 bridgehead atoms. The second-order valence-electron chi connectivity index (χ2n) is 8.61. The Labute approximate surface area is 172 Å². The number of benzene rings is 1. The van der Waals surface area contributed by atoms with Crippen LogP contribution in [0, 0.1) is 23.7 Å². The van der Waals surface area contributed by atoms with Gasteiger partial charge in [0, 0.05) is 10.0 Å². The molecule has 0 radical (unpaired) electrons. The number of carboxylic acids is 1. The van der Waals surface area contributed by atoms with Crippen LogP contribution in [0.25, 0.3) is 0 Å². The van der Waals surface area contributed by atoms with Crippen LogP contribution in [0.15, 0.2) is 40.4 Å². The van der Waals surface area contributed by atoms with Crippen molar-refractivity contribution < 1.29 is 9.90 Å². The van der Waals surface area contributed by atoms with Gasteiger partial charge in [-0.25, -0.2) is 4.79 Å². The summed E-state index contributed by atoms with van der Waals surface area (Å²) in [6.45, 7) is 1.87. The fraction of sp³-hybridized carbons (Fsp3) is 0.625. The fourth-order valence-electron chi connectivity index (χ4n) is 5.41. The minimum absolute atomic E-state index is 0.283. The number of carbonyl (C=O) groups is 1. The Hall–Kier alpha value is -1.09. The molecule has 0 unspecified atom stereocenters. The molecule has 2 nitrogen and oxygen atoms in total. The van der Waals surface area contributed by atoms with Crippen molar-refractivity contribution in [3.8, 4) is 0 Å². The van der Waals surface area contributed by atoms with E-state index in [9.17, 15) is 9.90 Å². The first-order valence-electron chi connectivity index (χ1n) is 10.7. The van der Waals surface area contributed by atoms with Crippen LogP contribution in [0.1, 0.15) is 70.3 Å². The topological polar surface area (TPSA) is 37.3 Å². The Bertz CT molecular complexity index is 633. The highest BCUT2D eigenvalue weighted by Gasteiger charge is 2.32. The van der Waals surface area contributed by atoms with Crippen LogP contribution in [-0.4, -0.2) is 11.1 Å². The molecule has 3 heteroatoms. The van der Waals surface area contributed by atoms with Crippen LogP contribution in [0.5, 0.6) is 0 Å². The Morgan fingerprint density at radius 3 is 2.07 bits per heavy atom. The van der Waals surface area contributed by atoms with E-state index in [2.05, 4.69) is 40.2 Å². The lowest BCUT2D eigenvalue weighted by atomic mass is 9.67. The van der Waals surface area contributed by atoms with Crippen molar-refractivity contribution in [3.63, 3.8) is 0 Å². The lowest BCUT2D eigenvalue weighted by molar-refractivity contribution is -0.133. The van der Waals surface area contributed by atoms with E-state index in [1.54, 1.807) is 0 Å². The summed E-state index contributed by atoms with van der Waals surface area (Å²) < 4.78 is 1.16. The zero-order chi connectivity index (χ0) is 19.2. The first-order valence-corrected chi connectivity index (χ1v) is 11.5. The molecule has 0 heterocycles. The highest BCUT2D eigenvalue weighted by atomic mass is 79.9. The van der Waals surface area contributed by atoms with E-state index in [0.29, 0.717) is 5.57 Å². The molecule has 0 saturated heterocycles. The number of hydrogen-bond acceptors (Lipinski definition) is 1. The quantitative estimate of drug-likeness (QED) is 0.489. The van der Waals surface area contributed by atoms with Crippen molar-refractivity contribution in [2.24, 2.45) is 23.7 Å². The molecule has 0 spiro atoms. The van der Waals surface area contributed by atoms with E-state index in [1.807, 2.05) is 13.0 Å². The van der Waals surface area contributed by atoms with E-state index in [1.165, 1.54) is 56.9 Å². The van der Waals surface area contributed by atoms with Crippen LogP contribution in [-0.2, 0) is 11.2 Å². The van der Waals surface area contributed by atoms with Crippen LogP contribution in [0.3, 0.4) is 0 Å². The maximum atomic E-state index is 11.4. The average Bonchev–Trinajstić information content (AvgIpc) is 2.69. The van der Waals surface area contributed by atoms with Gasteiger partial charge in [0.15, 0.2) is 0 Å². The molecule has 2 fully saturated rings. The smallest absolute Gasteiger partial charge is 0.331 e. The molecule has 0 atom stereocenters. The van der Waals surface area contributed by atoms with Gasteiger partial charge in [0.05, 0.1) is 0 Å². The van der Waals surface area contributed by atoms with E-state index >= 15 is 0 Å². The minimum atomic E-state index is -0.716. The Morgan fingerprint density at radius 1 is 1.00 bits per heavy atom. The summed E-state index contributed by atoms with van der Waals surface area (Å²) in [4.78, 5) is 11.4. The van der Waals surface area contributed by atoms with Crippen molar-refractivity contribution in [1.82, 2.24) is 0 Å². The molecule has 2 saturated carbocycles. The molecule has 2 aliphatic carbocycles. The molecule has 27 heavy (non-hydrogen) atoms. The van der Waals surface area contributed by atoms with Gasteiger partial charge in [-0.05, 0) is 99.7 Å². The average molecular weight is 433 g/mol. The molecule has 3 rings (SSSR count). The predicted octanol–water partition coefficient (Wildman–Crippen LogP) is 7.03. The lowest BCUT2D eigenvalue weighted by Gasteiger charge is -2.38. The second kappa shape index (κ2) is 9.91. The third-order valence-corrected chi connectivity index (χ3v) is 7.61. The van der Waals surface area contributed by atoms with Gasteiger partial charge in [-0.15, -0.1) is 0 Å². The van der Waals surface area contributed by atoms with Gasteiger partial charge in [0.2, 0.25) is 0 Å². The molecule has 1 aromatic carbocycles. The number of rotatable bonds is 6. The number of carboxylic acid groups (broad SMARTS) is 1. The van der Waals surface area contributed by atoms with Gasteiger partial charge in [0.25, 0.3) is 0 Å². The molecular weight excluding hydrogens is 400 g/mol. The number of aryl methyl sites for hydroxylation is 1. The Kier molecular flexibility index (Phi) is 7.57. The molecule has 2 aliphatic rings. The Morgan fingerprint density at radius 2 is 1.56 bits per heavy atom. The van der Waals surface area contributed by atoms with E-state index < -0.39 is 5.97 Å². The molecule has 0 aliphatic heterocycles. The van der Waals surface area contributed by atoms with Crippen molar-refractivity contribution in [2.45, 2.75) is 71.1 Å². The number of aliphatic carboxylic acids is 1. The zero-order valence-corrected chi connectivity index (χ0v) is 18.1. The normalized spacial score (nSPS) is 29.5. The first-order chi connectivity index (χ1) is 13.1. The Balaban J connectivity index is 1.39. The van der Waals surface area contributed by atoms with Crippen LogP contribution >= 0.6 is 15.9 Å². The summed E-state index contributed by atoms with van der Waals surface area (Å²) in [6, 6.07) is 8.77. The SMILES string of the molecule is CC=C(C(=O)O)[C@H]1CC[C@H]([C@H]2CC[C@H](CCc3ccc(Br)cc3)CC2)CC1. The summed E-state index contributed by atoms with van der Waals surface area (Å²) in [5, 5.41) is 9.35. The minimum Gasteiger partial charge on any atom is -0.478 e. The molecule has 0 aromatic heterocycles. The molecular formula is C24H33BrO2. The second-order valence-corrected chi connectivity index (χ2v) is 9.52. The highest BCUT2D eigenvalue weighted by Crippen LogP contribution is 2.43. The third-order valence-electron chi connectivity index (χ3n) is 7.08. The van der Waals surface area contributed by atoms with Gasteiger partial charge < -0.3 is 5.11 Å². The van der Waals surface area contributed by atoms with Gasteiger partial charge in [0.1, 0.15) is 0 Å². The van der Waals surface area contributed by atoms with Gasteiger partial charge in [-0.2, -0.15) is 0 Å². The maximum Gasteiger partial charge on any atom is 0.331 e. The zero-order valence-electron chi connectivity index (χ0n) is 16.5. The summed E-state index contributed by atoms with van der Waals surface area (Å²) >= 11 is 3.51. The number of allylic oxidation sites excluding steroid dienone is 1. The summed E-state index contributed by atoms with van der Waals surface area (Å²) in [6.07, 6.45) is 14.5. The van der Waals surface area contributed by atoms with E-state index in [-0.39, 0.29) is 5.92 Å². The fourth-order valence-corrected chi connectivity index (χ4v) is 5.67. The van der Waals surface area contributed by atoms with Crippen LogP contribution < -0.4 is 0 Å². The molecule has 148 valence electrons. The van der Waals surface area contributed by atoms with Gasteiger partial charge in [-0.3, -0.25) is 0 Å². The van der Waals surface area contributed by atoms with Crippen molar-refractivity contribution in [2.75, 3.05) is 0 Å². The molecule has 1 aromatic rings. The summed E-state index contributed by atoms with van der Waals surface area (Å²) in [7, 11) is 0. The lowest BCUT2D eigenvalue weighted by Crippen LogP contribution is -2.27. The number of hydrogen-bond donors (Lipinski definition) is 1.